The minimum atomic E-state index is -0.343. The van der Waals surface area contributed by atoms with Crippen LogP contribution in [0.25, 0.3) is 0 Å². The van der Waals surface area contributed by atoms with Gasteiger partial charge in [0.05, 0.1) is 6.26 Å². The monoisotopic (exact) mass is 262 g/mol. The Morgan fingerprint density at radius 2 is 2.11 bits per heavy atom. The Balaban J connectivity index is 2.31. The third kappa shape index (κ3) is 2.79. The summed E-state index contributed by atoms with van der Waals surface area (Å²) in [6.45, 7) is 4.37. The second kappa shape index (κ2) is 5.45. The number of rotatable bonds is 4. The predicted octanol–water partition coefficient (Wildman–Crippen LogP) is 3.38. The van der Waals surface area contributed by atoms with Gasteiger partial charge in [0.15, 0.2) is 0 Å². The largest absolute Gasteiger partial charge is 0.469 e. The molecular weight excluding hydrogens is 243 g/mol. The Labute approximate surface area is 112 Å². The summed E-state index contributed by atoms with van der Waals surface area (Å²) >= 11 is 0. The molecule has 0 bridgehead atoms. The van der Waals surface area contributed by atoms with E-state index in [1.165, 1.54) is 6.07 Å². The molecule has 3 nitrogen and oxygen atoms in total. The number of aryl methyl sites for hydroxylation is 1. The van der Waals surface area contributed by atoms with Crippen molar-refractivity contribution in [2.24, 2.45) is 5.73 Å². The lowest BCUT2D eigenvalue weighted by atomic mass is 10.0. The highest BCUT2D eigenvalue weighted by molar-refractivity contribution is 5.55. The summed E-state index contributed by atoms with van der Waals surface area (Å²) in [4.78, 5) is 1.99. The number of anilines is 1. The number of benzene rings is 1. The average Bonchev–Trinajstić information content (AvgIpc) is 2.74. The van der Waals surface area contributed by atoms with Crippen molar-refractivity contribution in [2.45, 2.75) is 26.4 Å². The minimum absolute atomic E-state index is 0.261. The van der Waals surface area contributed by atoms with Crippen molar-refractivity contribution in [1.29, 1.82) is 0 Å². The smallest absolute Gasteiger partial charge is 0.130 e. The van der Waals surface area contributed by atoms with Crippen LogP contribution in [0.3, 0.4) is 0 Å². The second-order valence-electron chi connectivity index (χ2n) is 4.82. The molecule has 4 heteroatoms. The van der Waals surface area contributed by atoms with Gasteiger partial charge in [-0.1, -0.05) is 6.07 Å². The molecule has 102 valence electrons. The van der Waals surface area contributed by atoms with E-state index in [1.807, 2.05) is 31.0 Å². The van der Waals surface area contributed by atoms with E-state index in [0.717, 1.165) is 17.0 Å². The Kier molecular flexibility index (Phi) is 3.90. The number of nitrogens with two attached hydrogens (primary N) is 1. The number of furan rings is 1. The third-order valence-electron chi connectivity index (χ3n) is 3.27. The van der Waals surface area contributed by atoms with Gasteiger partial charge in [0.25, 0.3) is 0 Å². The van der Waals surface area contributed by atoms with Crippen molar-refractivity contribution >= 4 is 5.69 Å². The van der Waals surface area contributed by atoms with Gasteiger partial charge in [-0.2, -0.15) is 0 Å². The summed E-state index contributed by atoms with van der Waals surface area (Å²) in [5, 5.41) is 0. The third-order valence-corrected chi connectivity index (χ3v) is 3.27. The van der Waals surface area contributed by atoms with Gasteiger partial charge in [0.2, 0.25) is 0 Å². The molecular formula is C15H19FN2O. The molecule has 19 heavy (non-hydrogen) atoms. The first kappa shape index (κ1) is 13.6. The zero-order valence-corrected chi connectivity index (χ0v) is 11.5. The normalized spacial score (nSPS) is 12.5. The molecule has 0 aliphatic heterocycles. The molecule has 0 spiro atoms. The average molecular weight is 262 g/mol. The van der Waals surface area contributed by atoms with Gasteiger partial charge < -0.3 is 15.1 Å². The maximum absolute atomic E-state index is 13.9. The van der Waals surface area contributed by atoms with Crippen LogP contribution in [0.4, 0.5) is 10.1 Å². The van der Waals surface area contributed by atoms with Crippen molar-refractivity contribution in [3.8, 4) is 0 Å². The fraction of sp³-hybridized carbons (Fsp3) is 0.333. The lowest BCUT2D eigenvalue weighted by Crippen LogP contribution is -2.21. The first-order valence-electron chi connectivity index (χ1n) is 6.28. The quantitative estimate of drug-likeness (QED) is 0.918. The first-order valence-corrected chi connectivity index (χ1v) is 6.28. The molecule has 2 N–H and O–H groups in total. The van der Waals surface area contributed by atoms with Gasteiger partial charge in [-0.15, -0.1) is 0 Å². The number of hydrogen-bond donors (Lipinski definition) is 1. The van der Waals surface area contributed by atoms with E-state index in [1.54, 1.807) is 19.3 Å². The summed E-state index contributed by atoms with van der Waals surface area (Å²) in [6, 6.07) is 6.62. The highest BCUT2D eigenvalue weighted by Gasteiger charge is 2.16. The summed E-state index contributed by atoms with van der Waals surface area (Å²) in [5.41, 5.74) is 8.32. The molecule has 0 amide bonds. The van der Waals surface area contributed by atoms with Gasteiger partial charge in [-0.3, -0.25) is 0 Å². The van der Waals surface area contributed by atoms with E-state index in [-0.39, 0.29) is 11.9 Å². The Morgan fingerprint density at radius 3 is 2.68 bits per heavy atom. The van der Waals surface area contributed by atoms with Crippen LogP contribution in [0.2, 0.25) is 0 Å². The zero-order chi connectivity index (χ0) is 14.0. The molecule has 1 aromatic carbocycles. The minimum Gasteiger partial charge on any atom is -0.469 e. The van der Waals surface area contributed by atoms with Crippen LogP contribution < -0.4 is 10.6 Å². The van der Waals surface area contributed by atoms with E-state index in [0.29, 0.717) is 12.1 Å². The SMILES string of the molecule is Cc1occc1CN(C)c1cccc(F)c1[C@@H](C)N. The summed E-state index contributed by atoms with van der Waals surface area (Å²) < 4.78 is 19.2. The van der Waals surface area contributed by atoms with Gasteiger partial charge in [-0.25, -0.2) is 4.39 Å². The Bertz CT molecular complexity index is 563. The van der Waals surface area contributed by atoms with Crippen LogP contribution in [0.15, 0.2) is 34.9 Å². The van der Waals surface area contributed by atoms with Crippen LogP contribution in [-0.4, -0.2) is 7.05 Å². The van der Waals surface area contributed by atoms with E-state index in [4.69, 9.17) is 10.2 Å². The topological polar surface area (TPSA) is 42.4 Å². The zero-order valence-electron chi connectivity index (χ0n) is 11.5. The summed E-state index contributed by atoms with van der Waals surface area (Å²) in [5.74, 6) is 0.619. The highest BCUT2D eigenvalue weighted by Crippen LogP contribution is 2.28. The van der Waals surface area contributed by atoms with Crippen LogP contribution in [0.5, 0.6) is 0 Å². The van der Waals surface area contributed by atoms with Gasteiger partial charge >= 0.3 is 0 Å². The highest BCUT2D eigenvalue weighted by atomic mass is 19.1. The van der Waals surface area contributed by atoms with Gasteiger partial charge in [0, 0.05) is 36.4 Å². The fourth-order valence-corrected chi connectivity index (χ4v) is 2.23. The molecule has 2 rings (SSSR count). The number of hydrogen-bond acceptors (Lipinski definition) is 3. The van der Waals surface area contributed by atoms with Crippen molar-refractivity contribution in [3.63, 3.8) is 0 Å². The van der Waals surface area contributed by atoms with Crippen LogP contribution in [-0.2, 0) is 6.54 Å². The second-order valence-corrected chi connectivity index (χ2v) is 4.82. The van der Waals surface area contributed by atoms with E-state index in [2.05, 4.69) is 0 Å². The molecule has 0 fully saturated rings. The number of nitrogens with zero attached hydrogens (tertiary/aromatic N) is 1. The molecule has 1 aromatic heterocycles. The Morgan fingerprint density at radius 1 is 1.37 bits per heavy atom. The molecule has 0 aliphatic carbocycles. The number of halogens is 1. The van der Waals surface area contributed by atoms with Gasteiger partial charge in [0.1, 0.15) is 11.6 Å². The Hall–Kier alpha value is -1.81. The standard InChI is InChI=1S/C15H19FN2O/c1-10(17)15-13(16)5-4-6-14(15)18(3)9-12-7-8-19-11(12)2/h4-8,10H,9,17H2,1-3H3/t10-/m1/s1. The molecule has 0 saturated carbocycles. The van der Waals surface area contributed by atoms with Crippen molar-refractivity contribution < 1.29 is 8.81 Å². The summed E-state index contributed by atoms with van der Waals surface area (Å²) in [6.07, 6.45) is 1.66. The van der Waals surface area contributed by atoms with E-state index in [9.17, 15) is 4.39 Å². The lowest BCUT2D eigenvalue weighted by Gasteiger charge is -2.24. The van der Waals surface area contributed by atoms with Crippen molar-refractivity contribution in [2.75, 3.05) is 11.9 Å². The molecule has 2 aromatic rings. The summed E-state index contributed by atoms with van der Waals surface area (Å²) in [7, 11) is 1.92. The van der Waals surface area contributed by atoms with Crippen LogP contribution in [0.1, 0.15) is 29.9 Å². The van der Waals surface area contributed by atoms with Crippen molar-refractivity contribution in [1.82, 2.24) is 0 Å². The molecule has 1 atom stereocenters. The molecule has 0 radical (unpaired) electrons. The lowest BCUT2D eigenvalue weighted by molar-refractivity contribution is 0.529. The van der Waals surface area contributed by atoms with Crippen LogP contribution >= 0.6 is 0 Å². The maximum Gasteiger partial charge on any atom is 0.130 e. The van der Waals surface area contributed by atoms with E-state index < -0.39 is 0 Å². The predicted molar refractivity (Wildman–Crippen MR) is 74.6 cm³/mol. The fourth-order valence-electron chi connectivity index (χ4n) is 2.23. The molecule has 1 heterocycles. The van der Waals surface area contributed by atoms with E-state index >= 15 is 0 Å². The first-order chi connectivity index (χ1) is 9.00. The van der Waals surface area contributed by atoms with Gasteiger partial charge in [-0.05, 0) is 32.0 Å². The van der Waals surface area contributed by atoms with Crippen LogP contribution in [0, 0.1) is 12.7 Å². The maximum atomic E-state index is 13.9. The van der Waals surface area contributed by atoms with Crippen molar-refractivity contribution in [3.05, 3.63) is 53.2 Å². The molecule has 0 aliphatic rings. The molecule has 0 saturated heterocycles. The molecule has 0 unspecified atom stereocenters.